The van der Waals surface area contributed by atoms with E-state index in [2.05, 4.69) is 4.98 Å². The summed E-state index contributed by atoms with van der Waals surface area (Å²) >= 11 is 0. The molecule has 1 aliphatic heterocycles. The molecule has 1 aromatic rings. The van der Waals surface area contributed by atoms with Crippen LogP contribution in [0, 0.1) is 0 Å². The van der Waals surface area contributed by atoms with Crippen LogP contribution in [0.5, 0.6) is 0 Å². The van der Waals surface area contributed by atoms with Gasteiger partial charge in [-0.15, -0.1) is 0 Å². The van der Waals surface area contributed by atoms with E-state index in [1.807, 2.05) is 0 Å². The van der Waals surface area contributed by atoms with Gasteiger partial charge in [0.1, 0.15) is 24.4 Å². The van der Waals surface area contributed by atoms with Crippen LogP contribution in [0.2, 0.25) is 0 Å². The number of nitrogens with zero attached hydrogens (tertiary/aromatic N) is 1. The first kappa shape index (κ1) is 10.5. The second-order valence-electron chi connectivity index (χ2n) is 3.51. The minimum absolute atomic E-state index is 0.318. The van der Waals surface area contributed by atoms with Gasteiger partial charge in [0.05, 0.1) is 12.3 Å². The summed E-state index contributed by atoms with van der Waals surface area (Å²) in [4.78, 5) is 4.04. The first-order valence-corrected chi connectivity index (χ1v) is 4.77. The molecule has 1 aromatic heterocycles. The van der Waals surface area contributed by atoms with Crippen LogP contribution in [0.1, 0.15) is 11.8 Å². The van der Waals surface area contributed by atoms with E-state index in [9.17, 15) is 10.2 Å². The number of pyridine rings is 1. The van der Waals surface area contributed by atoms with E-state index in [1.54, 1.807) is 24.4 Å². The molecule has 5 nitrogen and oxygen atoms in total. The Labute approximate surface area is 87.0 Å². The molecule has 2 rings (SSSR count). The molecule has 0 bridgehead atoms. The van der Waals surface area contributed by atoms with Crippen molar-refractivity contribution in [1.29, 1.82) is 0 Å². The van der Waals surface area contributed by atoms with Crippen molar-refractivity contribution in [2.45, 2.75) is 24.4 Å². The second-order valence-corrected chi connectivity index (χ2v) is 3.51. The summed E-state index contributed by atoms with van der Waals surface area (Å²) in [7, 11) is 0. The second kappa shape index (κ2) is 4.24. The summed E-state index contributed by atoms with van der Waals surface area (Å²) in [6.07, 6.45) is -1.94. The molecule has 1 fully saturated rings. The molecule has 0 spiro atoms. The SMILES string of the molecule is OC[C@H]1OC(c2ccccn2)[C@H](O)[C@@H]1O. The highest BCUT2D eigenvalue weighted by Crippen LogP contribution is 2.31. The van der Waals surface area contributed by atoms with Gasteiger partial charge >= 0.3 is 0 Å². The van der Waals surface area contributed by atoms with Crippen molar-refractivity contribution in [3.8, 4) is 0 Å². The zero-order chi connectivity index (χ0) is 10.8. The minimum atomic E-state index is -1.07. The molecule has 1 aliphatic rings. The molecule has 4 atom stereocenters. The third-order valence-electron chi connectivity index (χ3n) is 2.52. The molecule has 2 heterocycles. The van der Waals surface area contributed by atoms with Gasteiger partial charge in [-0.1, -0.05) is 6.07 Å². The fourth-order valence-corrected chi connectivity index (χ4v) is 1.69. The van der Waals surface area contributed by atoms with Gasteiger partial charge in [-0.25, -0.2) is 0 Å². The molecule has 0 aliphatic carbocycles. The number of aliphatic hydroxyl groups is 3. The minimum Gasteiger partial charge on any atom is -0.394 e. The van der Waals surface area contributed by atoms with Crippen molar-refractivity contribution >= 4 is 0 Å². The van der Waals surface area contributed by atoms with Crippen LogP contribution in [0.15, 0.2) is 24.4 Å². The largest absolute Gasteiger partial charge is 0.394 e. The van der Waals surface area contributed by atoms with Crippen molar-refractivity contribution in [3.05, 3.63) is 30.1 Å². The fraction of sp³-hybridized carbons (Fsp3) is 0.500. The van der Waals surface area contributed by atoms with Crippen LogP contribution in [0.25, 0.3) is 0 Å². The Morgan fingerprint density at radius 2 is 2.07 bits per heavy atom. The van der Waals surface area contributed by atoms with Gasteiger partial charge < -0.3 is 20.1 Å². The number of aliphatic hydroxyl groups excluding tert-OH is 3. The van der Waals surface area contributed by atoms with Crippen molar-refractivity contribution < 1.29 is 20.1 Å². The van der Waals surface area contributed by atoms with Crippen LogP contribution >= 0.6 is 0 Å². The van der Waals surface area contributed by atoms with Crippen LogP contribution in [-0.4, -0.2) is 45.2 Å². The normalized spacial score (nSPS) is 35.7. The average Bonchev–Trinajstić information content (AvgIpc) is 2.57. The van der Waals surface area contributed by atoms with Crippen molar-refractivity contribution in [3.63, 3.8) is 0 Å². The summed E-state index contributed by atoms with van der Waals surface area (Å²) in [6.45, 7) is -0.318. The van der Waals surface area contributed by atoms with Gasteiger partial charge in [-0.3, -0.25) is 4.98 Å². The Bertz CT molecular complexity index is 318. The lowest BCUT2D eigenvalue weighted by molar-refractivity contribution is -0.0239. The number of hydrogen-bond donors (Lipinski definition) is 3. The fourth-order valence-electron chi connectivity index (χ4n) is 1.69. The van der Waals surface area contributed by atoms with Gasteiger partial charge in [0, 0.05) is 6.20 Å². The first-order chi connectivity index (χ1) is 7.24. The highest BCUT2D eigenvalue weighted by Gasteiger charge is 2.43. The third kappa shape index (κ3) is 1.87. The molecule has 15 heavy (non-hydrogen) atoms. The average molecular weight is 211 g/mol. The van der Waals surface area contributed by atoms with Crippen LogP contribution in [0.4, 0.5) is 0 Å². The summed E-state index contributed by atoms with van der Waals surface area (Å²) in [6, 6.07) is 5.24. The van der Waals surface area contributed by atoms with Crippen molar-refractivity contribution in [2.24, 2.45) is 0 Å². The molecule has 1 unspecified atom stereocenters. The lowest BCUT2D eigenvalue weighted by Gasteiger charge is -2.13. The molecular weight excluding hydrogens is 198 g/mol. The van der Waals surface area contributed by atoms with Gasteiger partial charge in [0.2, 0.25) is 0 Å². The lowest BCUT2D eigenvalue weighted by Crippen LogP contribution is -2.32. The lowest BCUT2D eigenvalue weighted by atomic mass is 10.1. The number of hydrogen-bond acceptors (Lipinski definition) is 5. The molecule has 3 N–H and O–H groups in total. The topological polar surface area (TPSA) is 82.8 Å². The Balaban J connectivity index is 2.19. The predicted octanol–water partition coefficient (Wildman–Crippen LogP) is -0.764. The maximum Gasteiger partial charge on any atom is 0.128 e. The van der Waals surface area contributed by atoms with E-state index < -0.39 is 24.4 Å². The van der Waals surface area contributed by atoms with E-state index >= 15 is 0 Å². The zero-order valence-corrected chi connectivity index (χ0v) is 8.02. The standard InChI is InChI=1S/C10H13NO4/c12-5-7-8(13)9(14)10(15-7)6-3-1-2-4-11-6/h1-4,7-10,12-14H,5H2/t7-,8-,9-,10?/m1/s1. The zero-order valence-electron chi connectivity index (χ0n) is 8.02. The summed E-state index contributed by atoms with van der Waals surface area (Å²) in [5, 5.41) is 28.1. The number of rotatable bonds is 2. The van der Waals surface area contributed by atoms with E-state index in [0.29, 0.717) is 5.69 Å². The summed E-state index contributed by atoms with van der Waals surface area (Å²) < 4.78 is 5.31. The number of ether oxygens (including phenoxy) is 1. The quantitative estimate of drug-likeness (QED) is 0.598. The maximum absolute atomic E-state index is 9.69. The Morgan fingerprint density at radius 3 is 2.60 bits per heavy atom. The molecule has 1 saturated heterocycles. The summed E-state index contributed by atoms with van der Waals surface area (Å²) in [5.74, 6) is 0. The van der Waals surface area contributed by atoms with Crippen molar-refractivity contribution in [2.75, 3.05) is 6.61 Å². The number of aromatic nitrogens is 1. The van der Waals surface area contributed by atoms with Crippen LogP contribution < -0.4 is 0 Å². The van der Waals surface area contributed by atoms with E-state index in [-0.39, 0.29) is 6.61 Å². The first-order valence-electron chi connectivity index (χ1n) is 4.77. The molecule has 0 amide bonds. The highest BCUT2D eigenvalue weighted by atomic mass is 16.6. The van der Waals surface area contributed by atoms with Gasteiger partial charge in [-0.2, -0.15) is 0 Å². The summed E-state index contributed by atoms with van der Waals surface area (Å²) in [5.41, 5.74) is 0.556. The maximum atomic E-state index is 9.69. The molecule has 0 aromatic carbocycles. The third-order valence-corrected chi connectivity index (χ3v) is 2.52. The van der Waals surface area contributed by atoms with Gasteiger partial charge in [-0.05, 0) is 12.1 Å². The Morgan fingerprint density at radius 1 is 1.27 bits per heavy atom. The molecule has 82 valence electrons. The van der Waals surface area contributed by atoms with Gasteiger partial charge in [0.25, 0.3) is 0 Å². The van der Waals surface area contributed by atoms with Crippen LogP contribution in [0.3, 0.4) is 0 Å². The predicted molar refractivity (Wildman–Crippen MR) is 51.0 cm³/mol. The Hall–Kier alpha value is -1.01. The van der Waals surface area contributed by atoms with Crippen LogP contribution in [-0.2, 0) is 4.74 Å². The molecular formula is C10H13NO4. The van der Waals surface area contributed by atoms with E-state index in [4.69, 9.17) is 9.84 Å². The monoisotopic (exact) mass is 211 g/mol. The van der Waals surface area contributed by atoms with E-state index in [1.165, 1.54) is 0 Å². The van der Waals surface area contributed by atoms with E-state index in [0.717, 1.165) is 0 Å². The Kier molecular flexibility index (Phi) is 2.97. The molecule has 0 radical (unpaired) electrons. The highest BCUT2D eigenvalue weighted by molar-refractivity contribution is 5.11. The molecule has 5 heteroatoms. The smallest absolute Gasteiger partial charge is 0.128 e. The molecule has 0 saturated carbocycles. The van der Waals surface area contributed by atoms with Gasteiger partial charge in [0.15, 0.2) is 0 Å². The van der Waals surface area contributed by atoms with Crippen molar-refractivity contribution in [1.82, 2.24) is 4.98 Å².